The molecule has 2 heterocycles. The zero-order valence-corrected chi connectivity index (χ0v) is 13.9. The van der Waals surface area contributed by atoms with Crippen molar-refractivity contribution in [2.75, 3.05) is 13.1 Å². The minimum atomic E-state index is -0.259. The van der Waals surface area contributed by atoms with Crippen molar-refractivity contribution in [1.82, 2.24) is 25.2 Å². The Kier molecular flexibility index (Phi) is 5.03. The monoisotopic (exact) mass is 337 g/mol. The van der Waals surface area contributed by atoms with E-state index in [1.165, 1.54) is 6.20 Å². The van der Waals surface area contributed by atoms with Crippen LogP contribution < -0.4 is 10.6 Å². The number of hydrogen-bond acceptors (Lipinski definition) is 4. The molecule has 2 aromatic heterocycles. The van der Waals surface area contributed by atoms with Gasteiger partial charge in [-0.2, -0.15) is 5.10 Å². The summed E-state index contributed by atoms with van der Waals surface area (Å²) in [5, 5.41) is 9.66. The lowest BCUT2D eigenvalue weighted by Crippen LogP contribution is -2.35. The smallest absolute Gasteiger partial charge is 0.256 e. The van der Waals surface area contributed by atoms with Gasteiger partial charge in [-0.15, -0.1) is 0 Å². The van der Waals surface area contributed by atoms with Gasteiger partial charge in [-0.1, -0.05) is 30.3 Å². The average Bonchev–Trinajstić information content (AvgIpc) is 3.02. The Morgan fingerprint density at radius 1 is 1.08 bits per heavy atom. The number of carbonyl (C=O) groups excluding carboxylic acids is 2. The van der Waals surface area contributed by atoms with E-state index in [4.69, 9.17) is 0 Å². The van der Waals surface area contributed by atoms with Gasteiger partial charge in [0.15, 0.2) is 5.65 Å². The topological polar surface area (TPSA) is 88.4 Å². The molecule has 2 amide bonds. The third kappa shape index (κ3) is 4.20. The van der Waals surface area contributed by atoms with Crippen LogP contribution in [0, 0.1) is 6.92 Å². The highest BCUT2D eigenvalue weighted by molar-refractivity contribution is 5.99. The second-order valence-corrected chi connectivity index (χ2v) is 5.66. The number of rotatable bonds is 6. The van der Waals surface area contributed by atoms with Crippen molar-refractivity contribution >= 4 is 17.5 Å². The van der Waals surface area contributed by atoms with E-state index in [-0.39, 0.29) is 11.8 Å². The molecule has 7 nitrogen and oxygen atoms in total. The number of aromatic nitrogens is 3. The van der Waals surface area contributed by atoms with Crippen LogP contribution in [0.15, 0.2) is 48.8 Å². The second kappa shape index (κ2) is 7.57. The number of hydrogen-bond donors (Lipinski definition) is 2. The van der Waals surface area contributed by atoms with Gasteiger partial charge in [0, 0.05) is 25.0 Å². The summed E-state index contributed by atoms with van der Waals surface area (Å²) in [6.45, 7) is 2.56. The molecule has 0 aliphatic rings. The Morgan fingerprint density at radius 2 is 1.84 bits per heavy atom. The van der Waals surface area contributed by atoms with Crippen LogP contribution in [-0.4, -0.2) is 39.5 Å². The molecule has 0 radical (unpaired) electrons. The maximum atomic E-state index is 12.2. The van der Waals surface area contributed by atoms with E-state index in [1.807, 2.05) is 43.3 Å². The van der Waals surface area contributed by atoms with Gasteiger partial charge in [-0.25, -0.2) is 9.50 Å². The van der Waals surface area contributed by atoms with Gasteiger partial charge in [0.25, 0.3) is 5.91 Å². The summed E-state index contributed by atoms with van der Waals surface area (Å²) >= 11 is 0. The van der Waals surface area contributed by atoms with E-state index in [2.05, 4.69) is 20.7 Å². The lowest BCUT2D eigenvalue weighted by molar-refractivity contribution is -0.120. The van der Waals surface area contributed by atoms with Crippen molar-refractivity contribution in [3.8, 4) is 0 Å². The fraction of sp³-hybridized carbons (Fsp3) is 0.222. The van der Waals surface area contributed by atoms with E-state index in [0.29, 0.717) is 30.7 Å². The Balaban J connectivity index is 1.47. The second-order valence-electron chi connectivity index (χ2n) is 5.66. The van der Waals surface area contributed by atoms with Crippen molar-refractivity contribution in [3.05, 3.63) is 65.6 Å². The molecule has 0 saturated carbocycles. The van der Waals surface area contributed by atoms with Gasteiger partial charge in [0.1, 0.15) is 5.56 Å². The summed E-state index contributed by atoms with van der Waals surface area (Å²) in [5.74, 6) is -0.334. The molecule has 0 unspecified atom stereocenters. The number of carbonyl (C=O) groups is 2. The van der Waals surface area contributed by atoms with Crippen LogP contribution in [0.1, 0.15) is 21.6 Å². The van der Waals surface area contributed by atoms with Gasteiger partial charge >= 0.3 is 0 Å². The van der Waals surface area contributed by atoms with Crippen molar-refractivity contribution in [2.24, 2.45) is 0 Å². The summed E-state index contributed by atoms with van der Waals surface area (Å²) in [4.78, 5) is 28.4. The SMILES string of the molecule is Cc1ccn2ncc(C(=O)NCCNC(=O)Cc3ccccc3)c2n1. The average molecular weight is 337 g/mol. The first-order valence-corrected chi connectivity index (χ1v) is 8.03. The normalized spacial score (nSPS) is 10.6. The maximum Gasteiger partial charge on any atom is 0.256 e. The molecule has 7 heteroatoms. The molecule has 0 saturated heterocycles. The molecule has 0 spiro atoms. The lowest BCUT2D eigenvalue weighted by atomic mass is 10.1. The molecule has 0 fully saturated rings. The van der Waals surface area contributed by atoms with Crippen LogP contribution in [0.2, 0.25) is 0 Å². The molecule has 0 aliphatic heterocycles. The molecule has 0 bridgehead atoms. The predicted octanol–water partition coefficient (Wildman–Crippen LogP) is 1.13. The Labute approximate surface area is 145 Å². The van der Waals surface area contributed by atoms with E-state index in [9.17, 15) is 9.59 Å². The largest absolute Gasteiger partial charge is 0.354 e. The lowest BCUT2D eigenvalue weighted by Gasteiger charge is -2.07. The van der Waals surface area contributed by atoms with Gasteiger partial charge in [-0.3, -0.25) is 9.59 Å². The van der Waals surface area contributed by atoms with E-state index in [1.54, 1.807) is 10.7 Å². The summed E-state index contributed by atoms with van der Waals surface area (Å²) in [6.07, 6.45) is 3.58. The molecule has 1 aromatic carbocycles. The molecule has 128 valence electrons. The third-order valence-corrected chi connectivity index (χ3v) is 3.69. The highest BCUT2D eigenvalue weighted by Gasteiger charge is 2.13. The number of aryl methyl sites for hydroxylation is 1. The summed E-state index contributed by atoms with van der Waals surface area (Å²) in [7, 11) is 0. The molecule has 3 rings (SSSR count). The van der Waals surface area contributed by atoms with Crippen LogP contribution in [0.5, 0.6) is 0 Å². The summed E-state index contributed by atoms with van der Waals surface area (Å²) < 4.78 is 1.56. The van der Waals surface area contributed by atoms with Crippen LogP contribution in [0.3, 0.4) is 0 Å². The molecule has 25 heavy (non-hydrogen) atoms. The minimum Gasteiger partial charge on any atom is -0.354 e. The van der Waals surface area contributed by atoms with E-state index < -0.39 is 0 Å². The molecule has 3 aromatic rings. The van der Waals surface area contributed by atoms with E-state index >= 15 is 0 Å². The number of nitrogens with zero attached hydrogens (tertiary/aromatic N) is 3. The fourth-order valence-corrected chi connectivity index (χ4v) is 2.44. The van der Waals surface area contributed by atoms with Crippen molar-refractivity contribution in [3.63, 3.8) is 0 Å². The Hall–Kier alpha value is -3.22. The Bertz CT molecular complexity index is 889. The molecule has 2 N–H and O–H groups in total. The van der Waals surface area contributed by atoms with Crippen LogP contribution in [0.25, 0.3) is 5.65 Å². The highest BCUT2D eigenvalue weighted by Crippen LogP contribution is 2.08. The van der Waals surface area contributed by atoms with Crippen molar-refractivity contribution < 1.29 is 9.59 Å². The molecule has 0 aliphatic carbocycles. The van der Waals surface area contributed by atoms with Gasteiger partial charge < -0.3 is 10.6 Å². The number of amides is 2. The third-order valence-electron chi connectivity index (χ3n) is 3.69. The summed E-state index contributed by atoms with van der Waals surface area (Å²) in [5.41, 5.74) is 2.71. The first-order valence-electron chi connectivity index (χ1n) is 8.03. The van der Waals surface area contributed by atoms with Crippen LogP contribution in [0.4, 0.5) is 0 Å². The molecular weight excluding hydrogens is 318 g/mol. The molecule has 0 atom stereocenters. The first-order chi connectivity index (χ1) is 12.1. The first kappa shape index (κ1) is 16.6. The van der Waals surface area contributed by atoms with Crippen LogP contribution >= 0.6 is 0 Å². The summed E-state index contributed by atoms with van der Waals surface area (Å²) in [6, 6.07) is 11.3. The van der Waals surface area contributed by atoms with Crippen LogP contribution in [-0.2, 0) is 11.2 Å². The fourth-order valence-electron chi connectivity index (χ4n) is 2.44. The number of nitrogens with one attached hydrogen (secondary N) is 2. The maximum absolute atomic E-state index is 12.2. The van der Waals surface area contributed by atoms with Gasteiger partial charge in [0.05, 0.1) is 12.6 Å². The number of fused-ring (bicyclic) bond motifs is 1. The standard InChI is InChI=1S/C18H19N5O2/c1-13-7-10-23-17(22-13)15(12-21-23)18(25)20-9-8-19-16(24)11-14-5-3-2-4-6-14/h2-7,10,12H,8-9,11H2,1H3,(H,19,24)(H,20,25). The number of benzene rings is 1. The Morgan fingerprint density at radius 3 is 2.64 bits per heavy atom. The predicted molar refractivity (Wildman–Crippen MR) is 93.2 cm³/mol. The zero-order valence-electron chi connectivity index (χ0n) is 13.9. The zero-order chi connectivity index (χ0) is 17.6. The van der Waals surface area contributed by atoms with Crippen molar-refractivity contribution in [1.29, 1.82) is 0 Å². The highest BCUT2D eigenvalue weighted by atomic mass is 16.2. The quantitative estimate of drug-likeness (QED) is 0.660. The molecular formula is C18H19N5O2. The van der Waals surface area contributed by atoms with E-state index in [0.717, 1.165) is 11.3 Å². The minimum absolute atomic E-state index is 0.0753. The van der Waals surface area contributed by atoms with Gasteiger partial charge in [0.2, 0.25) is 5.91 Å². The van der Waals surface area contributed by atoms with Crippen molar-refractivity contribution in [2.45, 2.75) is 13.3 Å². The van der Waals surface area contributed by atoms with Gasteiger partial charge in [-0.05, 0) is 18.6 Å².